The minimum Gasteiger partial charge on any atom is -0.506 e. The van der Waals surface area contributed by atoms with Crippen LogP contribution in [0.5, 0.6) is 5.75 Å². The Morgan fingerprint density at radius 3 is 2.89 bits per heavy atom. The van der Waals surface area contributed by atoms with Crippen molar-refractivity contribution in [3.63, 3.8) is 0 Å². The third-order valence-electron chi connectivity index (χ3n) is 3.13. The Morgan fingerprint density at radius 1 is 1.58 bits per heavy atom. The van der Waals surface area contributed by atoms with Gasteiger partial charge in [0.05, 0.1) is 19.2 Å². The van der Waals surface area contributed by atoms with Gasteiger partial charge in [-0.15, -0.1) is 6.58 Å². The number of nitrogens with zero attached hydrogens (tertiary/aromatic N) is 1. The molecular weight excluding hydrogens is 244 g/mol. The number of aromatic nitrogens is 1. The highest BCUT2D eigenvalue weighted by Gasteiger charge is 2.32. The first-order valence-electron chi connectivity index (χ1n) is 5.79. The van der Waals surface area contributed by atoms with E-state index in [0.717, 1.165) is 5.52 Å². The molecule has 0 spiro atoms. The van der Waals surface area contributed by atoms with Gasteiger partial charge in [0, 0.05) is 11.6 Å². The lowest BCUT2D eigenvalue weighted by atomic mass is 10.0. The molecule has 0 aliphatic rings. The Bertz CT molecular complexity index is 633. The number of benzene rings is 1. The molecule has 0 aliphatic carbocycles. The van der Waals surface area contributed by atoms with Crippen molar-refractivity contribution in [2.45, 2.75) is 12.1 Å². The second-order valence-electron chi connectivity index (χ2n) is 4.40. The lowest BCUT2D eigenvalue weighted by Crippen LogP contribution is -2.50. The highest BCUT2D eigenvalue weighted by atomic mass is 16.5. The van der Waals surface area contributed by atoms with Crippen LogP contribution in [0.25, 0.3) is 10.9 Å². The van der Waals surface area contributed by atoms with Crippen molar-refractivity contribution in [1.82, 2.24) is 4.57 Å². The second kappa shape index (κ2) is 4.78. The third-order valence-corrected chi connectivity index (χ3v) is 3.13. The Hall–Kier alpha value is -2.27. The van der Waals surface area contributed by atoms with E-state index >= 15 is 0 Å². The van der Waals surface area contributed by atoms with Gasteiger partial charge >= 0.3 is 5.97 Å². The topological polar surface area (TPSA) is 77.5 Å². The molecule has 0 amide bonds. The maximum Gasteiger partial charge on any atom is 0.331 e. The van der Waals surface area contributed by atoms with Crippen LogP contribution in [-0.4, -0.2) is 28.3 Å². The summed E-state index contributed by atoms with van der Waals surface area (Å²) in [4.78, 5) is 11.7. The van der Waals surface area contributed by atoms with Crippen LogP contribution < -0.4 is 5.73 Å². The number of rotatable bonds is 4. The maximum atomic E-state index is 11.7. The van der Waals surface area contributed by atoms with E-state index in [2.05, 4.69) is 11.3 Å². The summed E-state index contributed by atoms with van der Waals surface area (Å²) in [5, 5.41) is 10.6. The van der Waals surface area contributed by atoms with Crippen LogP contribution >= 0.6 is 0 Å². The predicted octanol–water partition coefficient (Wildman–Crippen LogP) is 1.40. The SMILES string of the molecule is C=CC(N)(Cn1cc(O)c2ccccc21)C(=O)OC. The number of para-hydroxylation sites is 1. The first-order valence-corrected chi connectivity index (χ1v) is 5.79. The zero-order valence-electron chi connectivity index (χ0n) is 10.7. The smallest absolute Gasteiger partial charge is 0.331 e. The highest BCUT2D eigenvalue weighted by molar-refractivity contribution is 5.87. The molecule has 0 bridgehead atoms. The molecule has 5 heteroatoms. The van der Waals surface area contributed by atoms with Gasteiger partial charge < -0.3 is 20.1 Å². The molecule has 1 aromatic heterocycles. The van der Waals surface area contributed by atoms with Crippen LogP contribution in [-0.2, 0) is 16.1 Å². The summed E-state index contributed by atoms with van der Waals surface area (Å²) in [7, 11) is 1.28. The number of hydrogen-bond donors (Lipinski definition) is 2. The van der Waals surface area contributed by atoms with Gasteiger partial charge in [-0.1, -0.05) is 18.2 Å². The summed E-state index contributed by atoms with van der Waals surface area (Å²) in [6.07, 6.45) is 2.89. The Labute approximate surface area is 110 Å². The van der Waals surface area contributed by atoms with Crippen molar-refractivity contribution in [2.24, 2.45) is 5.73 Å². The van der Waals surface area contributed by atoms with Gasteiger partial charge in [-0.2, -0.15) is 0 Å². The standard InChI is InChI=1S/C14H16N2O3/c1-3-14(15,13(18)19-2)9-16-8-12(17)10-6-4-5-7-11(10)16/h3-8,17H,1,9,15H2,2H3. The van der Waals surface area contributed by atoms with E-state index in [4.69, 9.17) is 5.73 Å². The van der Waals surface area contributed by atoms with Gasteiger partial charge in [0.1, 0.15) is 5.75 Å². The monoisotopic (exact) mass is 260 g/mol. The fourth-order valence-corrected chi connectivity index (χ4v) is 2.04. The van der Waals surface area contributed by atoms with Gasteiger partial charge in [0.2, 0.25) is 0 Å². The molecule has 0 aliphatic heterocycles. The normalized spacial score (nSPS) is 14.0. The maximum absolute atomic E-state index is 11.7. The van der Waals surface area contributed by atoms with Crippen LogP contribution in [0, 0.1) is 0 Å². The molecule has 2 rings (SSSR count). The lowest BCUT2D eigenvalue weighted by Gasteiger charge is -2.23. The summed E-state index contributed by atoms with van der Waals surface area (Å²) in [6, 6.07) is 7.32. The second-order valence-corrected chi connectivity index (χ2v) is 4.40. The van der Waals surface area contributed by atoms with E-state index in [1.165, 1.54) is 13.2 Å². The third kappa shape index (κ3) is 2.20. The number of aromatic hydroxyl groups is 1. The Morgan fingerprint density at radius 2 is 2.26 bits per heavy atom. The first kappa shape index (κ1) is 13.2. The first-order chi connectivity index (χ1) is 9.01. The number of esters is 1. The quantitative estimate of drug-likeness (QED) is 0.643. The van der Waals surface area contributed by atoms with E-state index in [9.17, 15) is 9.90 Å². The fraction of sp³-hybridized carbons (Fsp3) is 0.214. The van der Waals surface area contributed by atoms with Gasteiger partial charge in [-0.25, -0.2) is 4.79 Å². The molecule has 3 N–H and O–H groups in total. The van der Waals surface area contributed by atoms with E-state index in [-0.39, 0.29) is 12.3 Å². The number of fused-ring (bicyclic) bond motifs is 1. The Kier molecular flexibility index (Phi) is 3.31. The van der Waals surface area contributed by atoms with Crippen molar-refractivity contribution < 1.29 is 14.6 Å². The van der Waals surface area contributed by atoms with Crippen LogP contribution in [0.1, 0.15) is 0 Å². The number of nitrogens with two attached hydrogens (primary N) is 1. The number of methoxy groups -OCH3 is 1. The summed E-state index contributed by atoms with van der Waals surface area (Å²) in [6.45, 7) is 3.73. The van der Waals surface area contributed by atoms with Crippen molar-refractivity contribution in [2.75, 3.05) is 7.11 Å². The molecule has 100 valence electrons. The zero-order valence-corrected chi connectivity index (χ0v) is 10.7. The number of carbonyl (C=O) groups is 1. The molecular formula is C14H16N2O3. The van der Waals surface area contributed by atoms with Gasteiger partial charge in [-0.3, -0.25) is 0 Å². The molecule has 1 aromatic carbocycles. The summed E-state index contributed by atoms with van der Waals surface area (Å²) >= 11 is 0. The molecule has 2 aromatic rings. The molecule has 0 fully saturated rings. The fourth-order valence-electron chi connectivity index (χ4n) is 2.04. The van der Waals surface area contributed by atoms with Crippen molar-refractivity contribution in [3.8, 4) is 5.75 Å². The molecule has 0 saturated heterocycles. The Balaban J connectivity index is 2.46. The van der Waals surface area contributed by atoms with Crippen molar-refractivity contribution in [1.29, 1.82) is 0 Å². The molecule has 19 heavy (non-hydrogen) atoms. The minimum atomic E-state index is -1.33. The van der Waals surface area contributed by atoms with Crippen molar-refractivity contribution >= 4 is 16.9 Å². The van der Waals surface area contributed by atoms with E-state index in [1.807, 2.05) is 18.2 Å². The van der Waals surface area contributed by atoms with E-state index in [1.54, 1.807) is 16.8 Å². The van der Waals surface area contributed by atoms with Crippen LogP contribution in [0.3, 0.4) is 0 Å². The predicted molar refractivity (Wildman–Crippen MR) is 72.7 cm³/mol. The summed E-state index contributed by atoms with van der Waals surface area (Å²) < 4.78 is 6.40. The lowest BCUT2D eigenvalue weighted by molar-refractivity contribution is -0.145. The van der Waals surface area contributed by atoms with Crippen LogP contribution in [0.15, 0.2) is 43.1 Å². The average molecular weight is 260 g/mol. The van der Waals surface area contributed by atoms with Gasteiger partial charge in [0.25, 0.3) is 0 Å². The summed E-state index contributed by atoms with van der Waals surface area (Å²) in [5.74, 6) is -0.424. The van der Waals surface area contributed by atoms with E-state index < -0.39 is 11.5 Å². The molecule has 5 nitrogen and oxygen atoms in total. The highest BCUT2D eigenvalue weighted by Crippen LogP contribution is 2.27. The van der Waals surface area contributed by atoms with Crippen LogP contribution in [0.4, 0.5) is 0 Å². The molecule has 1 heterocycles. The number of hydrogen-bond acceptors (Lipinski definition) is 4. The largest absolute Gasteiger partial charge is 0.506 e. The minimum absolute atomic E-state index is 0.143. The van der Waals surface area contributed by atoms with E-state index in [0.29, 0.717) is 5.39 Å². The molecule has 0 saturated carbocycles. The number of ether oxygens (including phenoxy) is 1. The average Bonchev–Trinajstić information content (AvgIpc) is 2.75. The molecule has 1 atom stereocenters. The van der Waals surface area contributed by atoms with Gasteiger partial charge in [0.15, 0.2) is 5.54 Å². The zero-order chi connectivity index (χ0) is 14.0. The van der Waals surface area contributed by atoms with Crippen molar-refractivity contribution in [3.05, 3.63) is 43.1 Å². The molecule has 0 radical (unpaired) electrons. The number of carbonyl (C=O) groups excluding carboxylic acids is 1. The van der Waals surface area contributed by atoms with Gasteiger partial charge in [-0.05, 0) is 12.1 Å². The van der Waals surface area contributed by atoms with Crippen LogP contribution in [0.2, 0.25) is 0 Å². The molecule has 1 unspecified atom stereocenters. The summed E-state index contributed by atoms with van der Waals surface area (Å²) in [5.41, 5.74) is 5.45.